The summed E-state index contributed by atoms with van der Waals surface area (Å²) in [6, 6.07) is 5.30. The van der Waals surface area contributed by atoms with Gasteiger partial charge in [0.1, 0.15) is 5.82 Å². The summed E-state index contributed by atoms with van der Waals surface area (Å²) in [5.74, 6) is -1.24. The monoisotopic (exact) mass is 206 g/mol. The van der Waals surface area contributed by atoms with Gasteiger partial charge in [0.15, 0.2) is 5.60 Å². The van der Waals surface area contributed by atoms with E-state index in [1.165, 1.54) is 12.1 Å². The van der Waals surface area contributed by atoms with Crippen molar-refractivity contribution in [3.05, 3.63) is 29.6 Å². The van der Waals surface area contributed by atoms with Crippen LogP contribution in [0.25, 0.3) is 0 Å². The molecule has 1 aliphatic rings. The fourth-order valence-electron chi connectivity index (χ4n) is 1.61. The van der Waals surface area contributed by atoms with Crippen LogP contribution in [0.15, 0.2) is 18.2 Å². The van der Waals surface area contributed by atoms with Crippen LogP contribution in [0.3, 0.4) is 0 Å². The molecule has 0 saturated heterocycles. The fourth-order valence-corrected chi connectivity index (χ4v) is 1.61. The van der Waals surface area contributed by atoms with Gasteiger partial charge in [-0.3, -0.25) is 4.79 Å². The van der Waals surface area contributed by atoms with Crippen molar-refractivity contribution in [1.82, 2.24) is 0 Å². The van der Waals surface area contributed by atoms with E-state index >= 15 is 0 Å². The zero-order valence-corrected chi connectivity index (χ0v) is 7.62. The van der Waals surface area contributed by atoms with Crippen LogP contribution < -0.4 is 5.32 Å². The third-order valence-electron chi connectivity index (χ3n) is 2.39. The van der Waals surface area contributed by atoms with Crippen LogP contribution in [-0.4, -0.2) is 11.0 Å². The molecule has 4 nitrogen and oxygen atoms in total. The lowest BCUT2D eigenvalue weighted by Gasteiger charge is -2.16. The Bertz CT molecular complexity index is 481. The normalized spacial score (nSPS) is 23.1. The van der Waals surface area contributed by atoms with E-state index in [0.29, 0.717) is 5.69 Å². The van der Waals surface area contributed by atoms with Gasteiger partial charge in [-0.05, 0) is 18.2 Å². The number of amides is 1. The quantitative estimate of drug-likeness (QED) is 0.716. The van der Waals surface area contributed by atoms with Gasteiger partial charge in [-0.1, -0.05) is 0 Å². The summed E-state index contributed by atoms with van der Waals surface area (Å²) in [5, 5.41) is 20.8. The molecular weight excluding hydrogens is 199 g/mol. The van der Waals surface area contributed by atoms with Gasteiger partial charge in [0.25, 0.3) is 5.91 Å². The summed E-state index contributed by atoms with van der Waals surface area (Å²) in [4.78, 5) is 11.4. The minimum Gasteiger partial charge on any atom is -0.374 e. The highest BCUT2D eigenvalue weighted by Crippen LogP contribution is 2.38. The molecule has 0 unspecified atom stereocenters. The van der Waals surface area contributed by atoms with E-state index in [1.807, 2.05) is 0 Å². The first-order valence-electron chi connectivity index (χ1n) is 4.29. The number of rotatable bonds is 1. The highest BCUT2D eigenvalue weighted by Gasteiger charge is 2.45. The summed E-state index contributed by atoms with van der Waals surface area (Å²) in [7, 11) is 0. The summed E-state index contributed by atoms with van der Waals surface area (Å²) in [6.07, 6.45) is -0.394. The summed E-state index contributed by atoms with van der Waals surface area (Å²) in [6.45, 7) is 0. The highest BCUT2D eigenvalue weighted by atomic mass is 19.1. The maximum absolute atomic E-state index is 12.9. The van der Waals surface area contributed by atoms with Gasteiger partial charge in [-0.2, -0.15) is 5.26 Å². The number of fused-ring (bicyclic) bond motifs is 1. The Kier molecular flexibility index (Phi) is 1.95. The molecule has 5 heteroatoms. The molecule has 2 N–H and O–H groups in total. The number of nitriles is 1. The molecule has 0 saturated carbocycles. The van der Waals surface area contributed by atoms with Crippen molar-refractivity contribution in [2.24, 2.45) is 0 Å². The predicted molar refractivity (Wildman–Crippen MR) is 49.2 cm³/mol. The van der Waals surface area contributed by atoms with Crippen LogP contribution in [0.2, 0.25) is 0 Å². The van der Waals surface area contributed by atoms with E-state index in [2.05, 4.69) is 5.32 Å². The molecule has 15 heavy (non-hydrogen) atoms. The Morgan fingerprint density at radius 3 is 3.00 bits per heavy atom. The molecule has 1 aliphatic heterocycles. The van der Waals surface area contributed by atoms with E-state index in [1.54, 1.807) is 6.07 Å². The standard InChI is InChI=1S/C10H7FN2O2/c11-6-1-2-8-7(5-6)10(15,3-4-12)9(14)13-8/h1-2,5,15H,3H2,(H,13,14)/t10-/m0/s1. The van der Waals surface area contributed by atoms with Crippen molar-refractivity contribution in [1.29, 1.82) is 5.26 Å². The van der Waals surface area contributed by atoms with Gasteiger partial charge in [0.2, 0.25) is 0 Å². The number of carbonyl (C=O) groups excluding carboxylic acids is 1. The van der Waals surface area contributed by atoms with Crippen LogP contribution in [0.4, 0.5) is 10.1 Å². The molecule has 0 spiro atoms. The van der Waals surface area contributed by atoms with Crippen molar-refractivity contribution in [2.45, 2.75) is 12.0 Å². The molecule has 0 fully saturated rings. The van der Waals surface area contributed by atoms with E-state index in [4.69, 9.17) is 5.26 Å². The van der Waals surface area contributed by atoms with Crippen molar-refractivity contribution in [2.75, 3.05) is 5.32 Å². The van der Waals surface area contributed by atoms with Crippen molar-refractivity contribution >= 4 is 11.6 Å². The number of halogens is 1. The molecular formula is C10H7FN2O2. The molecule has 1 amide bonds. The SMILES string of the molecule is N#CC[C@@]1(O)C(=O)Nc2ccc(F)cc21. The molecule has 1 aromatic rings. The molecule has 0 bridgehead atoms. The second-order valence-corrected chi connectivity index (χ2v) is 3.34. The smallest absolute Gasteiger partial charge is 0.262 e. The maximum Gasteiger partial charge on any atom is 0.262 e. The average molecular weight is 206 g/mol. The first-order chi connectivity index (χ1) is 7.08. The third kappa shape index (κ3) is 1.27. The molecule has 0 radical (unpaired) electrons. The highest BCUT2D eigenvalue weighted by molar-refractivity contribution is 6.05. The Labute approximate surface area is 84.9 Å². The minimum atomic E-state index is -1.92. The fraction of sp³-hybridized carbons (Fsp3) is 0.200. The number of hydrogen-bond donors (Lipinski definition) is 2. The molecule has 1 aromatic carbocycles. The Balaban J connectivity index is 2.58. The zero-order valence-electron chi connectivity index (χ0n) is 7.62. The van der Waals surface area contributed by atoms with Crippen molar-refractivity contribution in [3.63, 3.8) is 0 Å². The summed E-state index contributed by atoms with van der Waals surface area (Å²) in [5.41, 5.74) is -1.46. The molecule has 1 heterocycles. The predicted octanol–water partition coefficient (Wildman–Crippen LogP) is 0.879. The average Bonchev–Trinajstić information content (AvgIpc) is 2.42. The van der Waals surface area contributed by atoms with Gasteiger partial charge in [-0.15, -0.1) is 0 Å². The zero-order chi connectivity index (χ0) is 11.1. The van der Waals surface area contributed by atoms with E-state index < -0.39 is 23.7 Å². The van der Waals surface area contributed by atoms with E-state index in [0.717, 1.165) is 6.07 Å². The van der Waals surface area contributed by atoms with Crippen molar-refractivity contribution in [3.8, 4) is 6.07 Å². The van der Waals surface area contributed by atoms with E-state index in [9.17, 15) is 14.3 Å². The van der Waals surface area contributed by atoms with Crippen LogP contribution in [0.1, 0.15) is 12.0 Å². The maximum atomic E-state index is 12.9. The number of aliphatic hydroxyl groups is 1. The van der Waals surface area contributed by atoms with Crippen LogP contribution in [0.5, 0.6) is 0 Å². The topological polar surface area (TPSA) is 73.1 Å². The van der Waals surface area contributed by atoms with Crippen molar-refractivity contribution < 1.29 is 14.3 Å². The van der Waals surface area contributed by atoms with E-state index in [-0.39, 0.29) is 5.56 Å². The Hall–Kier alpha value is -1.93. The lowest BCUT2D eigenvalue weighted by atomic mass is 9.92. The van der Waals surface area contributed by atoms with Crippen LogP contribution in [0, 0.1) is 17.1 Å². The lowest BCUT2D eigenvalue weighted by Crippen LogP contribution is -2.33. The largest absolute Gasteiger partial charge is 0.374 e. The van der Waals surface area contributed by atoms with Gasteiger partial charge < -0.3 is 10.4 Å². The second-order valence-electron chi connectivity index (χ2n) is 3.34. The first-order valence-corrected chi connectivity index (χ1v) is 4.29. The van der Waals surface area contributed by atoms with Gasteiger partial charge in [0.05, 0.1) is 12.5 Å². The lowest BCUT2D eigenvalue weighted by molar-refractivity contribution is -0.133. The number of anilines is 1. The molecule has 1 atom stereocenters. The number of nitrogens with one attached hydrogen (secondary N) is 1. The van der Waals surface area contributed by atoms with Gasteiger partial charge >= 0.3 is 0 Å². The number of hydrogen-bond acceptors (Lipinski definition) is 3. The third-order valence-corrected chi connectivity index (χ3v) is 2.39. The van der Waals surface area contributed by atoms with Gasteiger partial charge in [-0.25, -0.2) is 4.39 Å². The number of benzene rings is 1. The number of nitrogens with zero attached hydrogens (tertiary/aromatic N) is 1. The minimum absolute atomic E-state index is 0.119. The molecule has 0 aliphatic carbocycles. The van der Waals surface area contributed by atoms with Crippen LogP contribution >= 0.6 is 0 Å². The second kappa shape index (κ2) is 3.04. The summed E-state index contributed by atoms with van der Waals surface area (Å²) >= 11 is 0. The van der Waals surface area contributed by atoms with Crippen LogP contribution in [-0.2, 0) is 10.4 Å². The first kappa shape index (κ1) is 9.62. The number of carbonyl (C=O) groups is 1. The Morgan fingerprint density at radius 1 is 1.60 bits per heavy atom. The summed E-state index contributed by atoms with van der Waals surface area (Å²) < 4.78 is 12.9. The molecule has 2 rings (SSSR count). The van der Waals surface area contributed by atoms with Gasteiger partial charge in [0, 0.05) is 11.3 Å². The Morgan fingerprint density at radius 2 is 2.33 bits per heavy atom. The molecule has 76 valence electrons. The molecule has 0 aromatic heterocycles.